The molecule has 0 aromatic carbocycles. The van der Waals surface area contributed by atoms with Gasteiger partial charge in [0.2, 0.25) is 0 Å². The summed E-state index contributed by atoms with van der Waals surface area (Å²) in [5.74, 6) is 0.965. The topological polar surface area (TPSA) is 18.5 Å². The van der Waals surface area contributed by atoms with E-state index in [1.165, 1.54) is 6.42 Å². The van der Waals surface area contributed by atoms with Gasteiger partial charge >= 0.3 is 0 Å². The van der Waals surface area contributed by atoms with Gasteiger partial charge < -0.3 is 9.47 Å². The zero-order chi connectivity index (χ0) is 6.53. The lowest BCUT2D eigenvalue weighted by Gasteiger charge is -1.99. The number of methoxy groups -OCH3 is 1. The van der Waals surface area contributed by atoms with Crippen LogP contribution in [0.15, 0.2) is 12.0 Å². The van der Waals surface area contributed by atoms with Crippen molar-refractivity contribution in [2.45, 2.75) is 19.3 Å². The van der Waals surface area contributed by atoms with E-state index >= 15 is 0 Å². The van der Waals surface area contributed by atoms with Crippen LogP contribution < -0.4 is 0 Å². The molecule has 9 heavy (non-hydrogen) atoms. The molecule has 1 aliphatic heterocycles. The molecule has 1 heterocycles. The van der Waals surface area contributed by atoms with Crippen molar-refractivity contribution in [2.24, 2.45) is 0 Å². The molecule has 1 rings (SSSR count). The maximum atomic E-state index is 5.11. The molecule has 2 nitrogen and oxygen atoms in total. The van der Waals surface area contributed by atoms with Crippen molar-refractivity contribution in [3.63, 3.8) is 0 Å². The molecule has 0 saturated carbocycles. The lowest BCUT2D eigenvalue weighted by atomic mass is 10.2. The van der Waals surface area contributed by atoms with E-state index in [1.54, 1.807) is 13.4 Å². The predicted molar refractivity (Wildman–Crippen MR) is 34.9 cm³/mol. The van der Waals surface area contributed by atoms with Crippen molar-refractivity contribution in [3.8, 4) is 0 Å². The maximum Gasteiger partial charge on any atom is 0.130 e. The third-order valence-electron chi connectivity index (χ3n) is 1.41. The number of ether oxygens (including phenoxy) is 2. The average Bonchev–Trinajstić information content (AvgIpc) is 2.13. The van der Waals surface area contributed by atoms with Crippen LogP contribution in [0.3, 0.4) is 0 Å². The third-order valence-corrected chi connectivity index (χ3v) is 1.41. The van der Waals surface area contributed by atoms with E-state index in [0.29, 0.717) is 0 Å². The van der Waals surface area contributed by atoms with Crippen LogP contribution in [-0.2, 0) is 9.47 Å². The Morgan fingerprint density at radius 3 is 3.22 bits per heavy atom. The highest BCUT2D eigenvalue weighted by atomic mass is 16.5. The van der Waals surface area contributed by atoms with E-state index in [2.05, 4.69) is 0 Å². The molecule has 0 aromatic rings. The van der Waals surface area contributed by atoms with Gasteiger partial charge in [-0.15, -0.1) is 0 Å². The normalized spacial score (nSPS) is 19.4. The summed E-state index contributed by atoms with van der Waals surface area (Å²) in [6, 6.07) is 0. The Morgan fingerprint density at radius 1 is 1.56 bits per heavy atom. The first-order valence-electron chi connectivity index (χ1n) is 3.28. The zero-order valence-corrected chi connectivity index (χ0v) is 5.72. The van der Waals surface area contributed by atoms with Crippen LogP contribution in [0, 0.1) is 0 Å². The Hall–Kier alpha value is -0.660. The van der Waals surface area contributed by atoms with E-state index in [-0.39, 0.29) is 0 Å². The fourth-order valence-corrected chi connectivity index (χ4v) is 0.846. The molecular weight excluding hydrogens is 116 g/mol. The minimum absolute atomic E-state index is 0.840. The molecule has 0 fully saturated rings. The van der Waals surface area contributed by atoms with Gasteiger partial charge in [0.15, 0.2) is 0 Å². The van der Waals surface area contributed by atoms with Gasteiger partial charge in [0.25, 0.3) is 0 Å². The fraction of sp³-hybridized carbons (Fsp3) is 0.714. The molecule has 0 radical (unpaired) electrons. The van der Waals surface area contributed by atoms with Gasteiger partial charge in [-0.1, -0.05) is 0 Å². The third kappa shape index (κ3) is 1.96. The molecule has 0 amide bonds. The molecule has 2 heteroatoms. The van der Waals surface area contributed by atoms with Crippen LogP contribution in [0.1, 0.15) is 19.3 Å². The molecule has 0 atom stereocenters. The standard InChI is InChI=1S/C7H12O2/c1-8-7-4-2-3-5-9-6-7/h6H,2-5H2,1H3. The number of rotatable bonds is 1. The van der Waals surface area contributed by atoms with Crippen molar-refractivity contribution >= 4 is 0 Å². The van der Waals surface area contributed by atoms with E-state index in [0.717, 1.165) is 25.2 Å². The smallest absolute Gasteiger partial charge is 0.130 e. The highest BCUT2D eigenvalue weighted by Crippen LogP contribution is 2.11. The summed E-state index contributed by atoms with van der Waals surface area (Å²) in [4.78, 5) is 0. The quantitative estimate of drug-likeness (QED) is 0.535. The summed E-state index contributed by atoms with van der Waals surface area (Å²) in [7, 11) is 1.68. The Bertz CT molecular complexity index is 107. The van der Waals surface area contributed by atoms with Gasteiger partial charge in [-0.3, -0.25) is 0 Å². The van der Waals surface area contributed by atoms with Gasteiger partial charge in [-0.2, -0.15) is 0 Å². The van der Waals surface area contributed by atoms with E-state index in [1.807, 2.05) is 0 Å². The summed E-state index contributed by atoms with van der Waals surface area (Å²) in [6.07, 6.45) is 5.06. The first-order chi connectivity index (χ1) is 4.43. The molecule has 0 N–H and O–H groups in total. The van der Waals surface area contributed by atoms with Crippen LogP contribution in [0.2, 0.25) is 0 Å². The van der Waals surface area contributed by atoms with Crippen molar-refractivity contribution in [2.75, 3.05) is 13.7 Å². The summed E-state index contributed by atoms with van der Waals surface area (Å²) < 4.78 is 10.1. The molecule has 0 spiro atoms. The van der Waals surface area contributed by atoms with Gasteiger partial charge in [-0.25, -0.2) is 0 Å². The number of hydrogen-bond acceptors (Lipinski definition) is 2. The highest BCUT2D eigenvalue weighted by Gasteiger charge is 2.00. The average molecular weight is 128 g/mol. The lowest BCUT2D eigenvalue weighted by Crippen LogP contribution is -1.83. The van der Waals surface area contributed by atoms with Gasteiger partial charge in [0.05, 0.1) is 13.7 Å². The molecule has 0 aliphatic carbocycles. The summed E-state index contributed by atoms with van der Waals surface area (Å²) in [6.45, 7) is 0.840. The summed E-state index contributed by atoms with van der Waals surface area (Å²) in [5.41, 5.74) is 0. The minimum atomic E-state index is 0.840. The first kappa shape index (κ1) is 6.46. The van der Waals surface area contributed by atoms with Crippen molar-refractivity contribution in [1.29, 1.82) is 0 Å². The van der Waals surface area contributed by atoms with E-state index in [4.69, 9.17) is 9.47 Å². The second kappa shape index (κ2) is 3.38. The Balaban J connectivity index is 2.37. The highest BCUT2D eigenvalue weighted by molar-refractivity contribution is 4.88. The largest absolute Gasteiger partial charge is 0.498 e. The van der Waals surface area contributed by atoms with Crippen molar-refractivity contribution in [1.82, 2.24) is 0 Å². The number of hydrogen-bond donors (Lipinski definition) is 0. The second-order valence-corrected chi connectivity index (χ2v) is 2.12. The van der Waals surface area contributed by atoms with Gasteiger partial charge in [0, 0.05) is 6.42 Å². The molecule has 1 aliphatic rings. The maximum absolute atomic E-state index is 5.11. The molecule has 0 aromatic heterocycles. The second-order valence-electron chi connectivity index (χ2n) is 2.12. The van der Waals surface area contributed by atoms with Gasteiger partial charge in [-0.05, 0) is 12.8 Å². The van der Waals surface area contributed by atoms with E-state index < -0.39 is 0 Å². The van der Waals surface area contributed by atoms with E-state index in [9.17, 15) is 0 Å². The Labute approximate surface area is 55.5 Å². The fourth-order valence-electron chi connectivity index (χ4n) is 0.846. The lowest BCUT2D eigenvalue weighted by molar-refractivity contribution is 0.221. The van der Waals surface area contributed by atoms with Crippen molar-refractivity contribution in [3.05, 3.63) is 12.0 Å². The van der Waals surface area contributed by atoms with Crippen LogP contribution in [0.25, 0.3) is 0 Å². The molecule has 52 valence electrons. The monoisotopic (exact) mass is 128 g/mol. The SMILES string of the molecule is COC1=COCCCC1. The predicted octanol–water partition coefficient (Wildman–Crippen LogP) is 1.67. The Kier molecular flexibility index (Phi) is 2.43. The minimum Gasteiger partial charge on any atom is -0.498 e. The van der Waals surface area contributed by atoms with Gasteiger partial charge in [0.1, 0.15) is 12.0 Å². The zero-order valence-electron chi connectivity index (χ0n) is 5.72. The molecule has 0 bridgehead atoms. The van der Waals surface area contributed by atoms with Crippen LogP contribution in [0.4, 0.5) is 0 Å². The van der Waals surface area contributed by atoms with Crippen LogP contribution >= 0.6 is 0 Å². The van der Waals surface area contributed by atoms with Crippen LogP contribution in [0.5, 0.6) is 0 Å². The van der Waals surface area contributed by atoms with Crippen LogP contribution in [-0.4, -0.2) is 13.7 Å². The Morgan fingerprint density at radius 2 is 2.44 bits per heavy atom. The number of allylic oxidation sites excluding steroid dienone is 1. The summed E-state index contributed by atoms with van der Waals surface area (Å²) >= 11 is 0. The molecule has 0 saturated heterocycles. The molecule has 0 unspecified atom stereocenters. The van der Waals surface area contributed by atoms with Crippen molar-refractivity contribution < 1.29 is 9.47 Å². The first-order valence-corrected chi connectivity index (χ1v) is 3.28. The summed E-state index contributed by atoms with van der Waals surface area (Å²) in [5, 5.41) is 0. The molecular formula is C7H12O2.